The Balaban J connectivity index is 1.71. The molecule has 0 saturated carbocycles. The van der Waals surface area contributed by atoms with Crippen LogP contribution in [0.1, 0.15) is 19.4 Å². The van der Waals surface area contributed by atoms with Crippen molar-refractivity contribution in [3.05, 3.63) is 52.1 Å². The van der Waals surface area contributed by atoms with Crippen molar-refractivity contribution < 1.29 is 23.9 Å². The highest BCUT2D eigenvalue weighted by atomic mass is 16.6. The molecule has 1 atom stereocenters. The molecule has 0 spiro atoms. The summed E-state index contributed by atoms with van der Waals surface area (Å²) in [6, 6.07) is 9.49. The molecular weight excluding hydrogens is 352 g/mol. The highest BCUT2D eigenvalue weighted by Gasteiger charge is 2.23. The molecule has 2 aromatic carbocycles. The fourth-order valence-corrected chi connectivity index (χ4v) is 2.87. The molecule has 1 amide bonds. The summed E-state index contributed by atoms with van der Waals surface area (Å²) in [4.78, 5) is 22.7. The number of hydrogen-bond donors (Lipinski definition) is 1. The van der Waals surface area contributed by atoms with E-state index in [1.807, 2.05) is 19.9 Å². The van der Waals surface area contributed by atoms with Crippen molar-refractivity contribution in [3.63, 3.8) is 0 Å². The molecule has 1 aliphatic rings. The van der Waals surface area contributed by atoms with Crippen molar-refractivity contribution in [2.75, 3.05) is 18.5 Å². The molecular formula is C19H20N2O6. The maximum absolute atomic E-state index is 12.3. The Morgan fingerprint density at radius 2 is 2.07 bits per heavy atom. The summed E-state index contributed by atoms with van der Waals surface area (Å²) < 4.78 is 16.6. The fourth-order valence-electron chi connectivity index (χ4n) is 2.87. The van der Waals surface area contributed by atoms with E-state index in [2.05, 4.69) is 5.32 Å². The van der Waals surface area contributed by atoms with Gasteiger partial charge < -0.3 is 19.5 Å². The Kier molecular flexibility index (Phi) is 5.44. The summed E-state index contributed by atoms with van der Waals surface area (Å²) in [5.41, 5.74) is 1.31. The molecule has 0 bridgehead atoms. The number of nitrogens with zero attached hydrogens (tertiary/aromatic N) is 1. The average molecular weight is 372 g/mol. The predicted molar refractivity (Wildman–Crippen MR) is 98.6 cm³/mol. The van der Waals surface area contributed by atoms with Gasteiger partial charge in [-0.05, 0) is 26.0 Å². The number of para-hydroxylation sites is 2. The fraction of sp³-hybridized carbons (Fsp3) is 0.316. The van der Waals surface area contributed by atoms with Gasteiger partial charge in [0.15, 0.2) is 12.4 Å². The Labute approximate surface area is 156 Å². The number of fused-ring (bicyclic) bond motifs is 1. The van der Waals surface area contributed by atoms with Crippen LogP contribution >= 0.6 is 0 Å². The monoisotopic (exact) mass is 372 g/mol. The molecule has 142 valence electrons. The Bertz CT molecular complexity index is 867. The predicted octanol–water partition coefficient (Wildman–Crippen LogP) is 3.33. The molecule has 0 saturated heterocycles. The molecule has 1 unspecified atom stereocenters. The molecule has 0 aromatic heterocycles. The van der Waals surface area contributed by atoms with Crippen LogP contribution in [-0.2, 0) is 11.2 Å². The largest absolute Gasteiger partial charge is 0.492 e. The minimum absolute atomic E-state index is 0.0359. The van der Waals surface area contributed by atoms with Gasteiger partial charge in [-0.15, -0.1) is 0 Å². The standard InChI is InChI=1S/C19H20N2O6/c1-3-25-18-9-13-8-12(2)27-17(13)10-14(18)20-19(22)11-26-16-7-5-4-6-15(16)21(23)24/h4-7,9-10,12H,3,8,11H2,1-2H3,(H,20,22). The van der Waals surface area contributed by atoms with Gasteiger partial charge in [0.2, 0.25) is 0 Å². The van der Waals surface area contributed by atoms with Crippen LogP contribution in [0.15, 0.2) is 36.4 Å². The highest BCUT2D eigenvalue weighted by molar-refractivity contribution is 5.93. The van der Waals surface area contributed by atoms with Gasteiger partial charge in [0.1, 0.15) is 17.6 Å². The third-order valence-corrected chi connectivity index (χ3v) is 3.99. The smallest absolute Gasteiger partial charge is 0.310 e. The van der Waals surface area contributed by atoms with Crippen LogP contribution in [0, 0.1) is 10.1 Å². The normalized spacial score (nSPS) is 14.8. The maximum atomic E-state index is 12.3. The quantitative estimate of drug-likeness (QED) is 0.591. The Morgan fingerprint density at radius 1 is 1.30 bits per heavy atom. The van der Waals surface area contributed by atoms with E-state index in [1.165, 1.54) is 18.2 Å². The van der Waals surface area contributed by atoms with Gasteiger partial charge in [0, 0.05) is 24.1 Å². The summed E-state index contributed by atoms with van der Waals surface area (Å²) in [5.74, 6) is 0.836. The minimum atomic E-state index is -0.556. The summed E-state index contributed by atoms with van der Waals surface area (Å²) >= 11 is 0. The van der Waals surface area contributed by atoms with Crippen molar-refractivity contribution >= 4 is 17.3 Å². The first-order valence-corrected chi connectivity index (χ1v) is 8.60. The van der Waals surface area contributed by atoms with E-state index in [1.54, 1.807) is 12.1 Å². The zero-order valence-electron chi connectivity index (χ0n) is 15.1. The number of carbonyl (C=O) groups is 1. The van der Waals surface area contributed by atoms with Crippen LogP contribution in [0.25, 0.3) is 0 Å². The first-order valence-electron chi connectivity index (χ1n) is 8.60. The molecule has 8 nitrogen and oxygen atoms in total. The van der Waals surface area contributed by atoms with Crippen LogP contribution in [-0.4, -0.2) is 30.1 Å². The zero-order valence-corrected chi connectivity index (χ0v) is 15.1. The van der Waals surface area contributed by atoms with Gasteiger partial charge in [-0.25, -0.2) is 0 Å². The number of nitro benzene ring substituents is 1. The lowest BCUT2D eigenvalue weighted by molar-refractivity contribution is -0.385. The zero-order chi connectivity index (χ0) is 19.4. The molecule has 1 heterocycles. The van der Waals surface area contributed by atoms with Gasteiger partial charge >= 0.3 is 5.69 Å². The van der Waals surface area contributed by atoms with E-state index < -0.39 is 10.8 Å². The van der Waals surface area contributed by atoms with Crippen molar-refractivity contribution in [1.82, 2.24) is 0 Å². The third-order valence-electron chi connectivity index (χ3n) is 3.99. The second-order valence-electron chi connectivity index (χ2n) is 6.08. The summed E-state index contributed by atoms with van der Waals surface area (Å²) in [6.45, 7) is 3.91. The third kappa shape index (κ3) is 4.28. The Morgan fingerprint density at radius 3 is 2.81 bits per heavy atom. The van der Waals surface area contributed by atoms with E-state index in [4.69, 9.17) is 14.2 Å². The molecule has 2 aromatic rings. The number of anilines is 1. The number of amides is 1. The van der Waals surface area contributed by atoms with Crippen molar-refractivity contribution in [2.45, 2.75) is 26.4 Å². The summed E-state index contributed by atoms with van der Waals surface area (Å²) in [5, 5.41) is 13.7. The second kappa shape index (κ2) is 7.94. The summed E-state index contributed by atoms with van der Waals surface area (Å²) in [7, 11) is 0. The van der Waals surface area contributed by atoms with Crippen molar-refractivity contribution in [2.24, 2.45) is 0 Å². The molecule has 0 radical (unpaired) electrons. The molecule has 1 aliphatic heterocycles. The van der Waals surface area contributed by atoms with Crippen molar-refractivity contribution in [1.29, 1.82) is 0 Å². The van der Waals surface area contributed by atoms with Crippen LogP contribution in [0.3, 0.4) is 0 Å². The number of nitro groups is 1. The molecule has 27 heavy (non-hydrogen) atoms. The number of ether oxygens (including phenoxy) is 3. The van der Waals surface area contributed by atoms with E-state index in [9.17, 15) is 14.9 Å². The highest BCUT2D eigenvalue weighted by Crippen LogP contribution is 2.38. The number of carbonyl (C=O) groups excluding carboxylic acids is 1. The lowest BCUT2D eigenvalue weighted by Crippen LogP contribution is -2.21. The molecule has 8 heteroatoms. The maximum Gasteiger partial charge on any atom is 0.310 e. The van der Waals surface area contributed by atoms with Gasteiger partial charge in [0.05, 0.1) is 17.2 Å². The van der Waals surface area contributed by atoms with E-state index >= 15 is 0 Å². The summed E-state index contributed by atoms with van der Waals surface area (Å²) in [6.07, 6.45) is 0.854. The SMILES string of the molecule is CCOc1cc2c(cc1NC(=O)COc1ccccc1[N+](=O)[O-])OC(C)C2. The van der Waals surface area contributed by atoms with Crippen molar-refractivity contribution in [3.8, 4) is 17.2 Å². The minimum Gasteiger partial charge on any atom is -0.492 e. The molecule has 3 rings (SSSR count). The average Bonchev–Trinajstić information content (AvgIpc) is 2.99. The van der Waals surface area contributed by atoms with E-state index in [-0.39, 0.29) is 24.1 Å². The molecule has 0 fully saturated rings. The molecule has 0 aliphatic carbocycles. The first-order chi connectivity index (χ1) is 13.0. The number of rotatable bonds is 7. The van der Waals surface area contributed by atoms with Crippen LogP contribution < -0.4 is 19.5 Å². The first kappa shape index (κ1) is 18.5. The van der Waals surface area contributed by atoms with E-state index in [0.717, 1.165) is 12.0 Å². The number of benzene rings is 2. The van der Waals surface area contributed by atoms with Gasteiger partial charge in [-0.1, -0.05) is 12.1 Å². The van der Waals surface area contributed by atoms with Crippen LogP contribution in [0.4, 0.5) is 11.4 Å². The molecule has 1 N–H and O–H groups in total. The topological polar surface area (TPSA) is 99.9 Å². The van der Waals surface area contributed by atoms with Gasteiger partial charge in [-0.2, -0.15) is 0 Å². The van der Waals surface area contributed by atoms with Gasteiger partial charge in [-0.3, -0.25) is 14.9 Å². The van der Waals surface area contributed by atoms with Crippen LogP contribution in [0.2, 0.25) is 0 Å². The lowest BCUT2D eigenvalue weighted by atomic mass is 10.1. The number of nitrogens with one attached hydrogen (secondary N) is 1. The van der Waals surface area contributed by atoms with E-state index in [0.29, 0.717) is 23.8 Å². The Hall–Kier alpha value is -3.29. The number of hydrogen-bond acceptors (Lipinski definition) is 6. The van der Waals surface area contributed by atoms with Gasteiger partial charge in [0.25, 0.3) is 5.91 Å². The van der Waals surface area contributed by atoms with Crippen LogP contribution in [0.5, 0.6) is 17.2 Å². The second-order valence-corrected chi connectivity index (χ2v) is 6.08. The lowest BCUT2D eigenvalue weighted by Gasteiger charge is -2.14.